The summed E-state index contributed by atoms with van der Waals surface area (Å²) in [5, 5.41) is 9.38. The Balaban J connectivity index is 2.02. The molecule has 0 aliphatic carbocycles. The molecule has 0 aliphatic rings. The predicted octanol–water partition coefficient (Wildman–Crippen LogP) is 1.27. The Morgan fingerprint density at radius 2 is 2.08 bits per heavy atom. The monoisotopic (exact) mass is 347 g/mol. The average Bonchev–Trinajstić information content (AvgIpc) is 2.99. The molecule has 4 N–H and O–H groups in total. The van der Waals surface area contributed by atoms with E-state index in [9.17, 15) is 9.59 Å². The van der Waals surface area contributed by atoms with Gasteiger partial charge in [-0.3, -0.25) is 9.48 Å². The summed E-state index contributed by atoms with van der Waals surface area (Å²) >= 11 is 0. The standard InChI is InChI=1S/C16H21N5O4/c1-10(13-6-12(24-2)4-5-14(13)25-3)19-16(23)20-11-7-18-21(8-11)9-15(17)22/h4-8,10H,9H2,1-3H3,(H2,17,22)(H2,19,20,23)/t10-/m1/s1. The fourth-order valence-electron chi connectivity index (χ4n) is 2.29. The maximum Gasteiger partial charge on any atom is 0.319 e. The Labute approximate surface area is 145 Å². The number of urea groups is 1. The molecule has 1 atom stereocenters. The predicted molar refractivity (Wildman–Crippen MR) is 91.5 cm³/mol. The minimum atomic E-state index is -0.516. The SMILES string of the molecule is COc1ccc(OC)c([C@@H](C)NC(=O)Nc2cnn(CC(N)=O)c2)c1. The zero-order valence-corrected chi connectivity index (χ0v) is 14.3. The van der Waals surface area contributed by atoms with E-state index in [-0.39, 0.29) is 12.6 Å². The first-order valence-corrected chi connectivity index (χ1v) is 7.53. The van der Waals surface area contributed by atoms with Crippen molar-refractivity contribution in [3.63, 3.8) is 0 Å². The summed E-state index contributed by atoms with van der Waals surface area (Å²) in [5.41, 5.74) is 6.32. The number of primary amides is 1. The van der Waals surface area contributed by atoms with Crippen LogP contribution in [0, 0.1) is 0 Å². The van der Waals surface area contributed by atoms with E-state index < -0.39 is 11.9 Å². The Kier molecular flexibility index (Phi) is 5.83. The van der Waals surface area contributed by atoms with Crippen LogP contribution in [0.25, 0.3) is 0 Å². The molecular weight excluding hydrogens is 326 g/mol. The van der Waals surface area contributed by atoms with Gasteiger partial charge in [0.15, 0.2) is 0 Å². The molecule has 3 amide bonds. The highest BCUT2D eigenvalue weighted by molar-refractivity contribution is 5.89. The number of hydrogen-bond donors (Lipinski definition) is 3. The molecule has 2 aromatic rings. The summed E-state index contributed by atoms with van der Waals surface area (Å²) in [6.07, 6.45) is 2.94. The van der Waals surface area contributed by atoms with Gasteiger partial charge in [-0.25, -0.2) is 4.79 Å². The molecule has 1 aromatic heterocycles. The molecule has 134 valence electrons. The van der Waals surface area contributed by atoms with Crippen LogP contribution in [0.4, 0.5) is 10.5 Å². The quantitative estimate of drug-likeness (QED) is 0.696. The number of methoxy groups -OCH3 is 2. The van der Waals surface area contributed by atoms with Gasteiger partial charge in [-0.15, -0.1) is 0 Å². The maximum absolute atomic E-state index is 12.2. The minimum Gasteiger partial charge on any atom is -0.497 e. The van der Waals surface area contributed by atoms with Crippen LogP contribution in [0.2, 0.25) is 0 Å². The minimum absolute atomic E-state index is 0.0549. The second kappa shape index (κ2) is 8.04. The summed E-state index contributed by atoms with van der Waals surface area (Å²) < 4.78 is 11.9. The van der Waals surface area contributed by atoms with E-state index in [4.69, 9.17) is 15.2 Å². The van der Waals surface area contributed by atoms with Crippen LogP contribution >= 0.6 is 0 Å². The van der Waals surface area contributed by atoms with Crippen molar-refractivity contribution in [2.24, 2.45) is 5.73 Å². The summed E-state index contributed by atoms with van der Waals surface area (Å²) in [5.74, 6) is 0.790. The number of ether oxygens (including phenoxy) is 2. The number of carbonyl (C=O) groups excluding carboxylic acids is 2. The molecule has 1 heterocycles. The lowest BCUT2D eigenvalue weighted by atomic mass is 10.1. The summed E-state index contributed by atoms with van der Waals surface area (Å²) in [6, 6.07) is 4.61. The molecule has 0 radical (unpaired) electrons. The van der Waals surface area contributed by atoms with Gasteiger partial charge >= 0.3 is 6.03 Å². The molecule has 0 aliphatic heterocycles. The molecule has 1 aromatic carbocycles. The Hall–Kier alpha value is -3.23. The Morgan fingerprint density at radius 3 is 2.72 bits per heavy atom. The van der Waals surface area contributed by atoms with Crippen LogP contribution in [0.3, 0.4) is 0 Å². The van der Waals surface area contributed by atoms with Crippen LogP contribution in [0.1, 0.15) is 18.5 Å². The normalized spacial score (nSPS) is 11.5. The summed E-state index contributed by atoms with van der Waals surface area (Å²) in [7, 11) is 3.13. The lowest BCUT2D eigenvalue weighted by Gasteiger charge is -2.18. The molecule has 9 nitrogen and oxygen atoms in total. The van der Waals surface area contributed by atoms with Gasteiger partial charge in [0, 0.05) is 11.8 Å². The van der Waals surface area contributed by atoms with Crippen LogP contribution in [-0.2, 0) is 11.3 Å². The number of nitrogens with two attached hydrogens (primary N) is 1. The number of benzene rings is 1. The molecule has 0 saturated carbocycles. The molecule has 0 spiro atoms. The van der Waals surface area contributed by atoms with Gasteiger partial charge in [0.25, 0.3) is 0 Å². The fourth-order valence-corrected chi connectivity index (χ4v) is 2.29. The van der Waals surface area contributed by atoms with Crippen molar-refractivity contribution in [1.82, 2.24) is 15.1 Å². The highest BCUT2D eigenvalue weighted by atomic mass is 16.5. The van der Waals surface area contributed by atoms with Gasteiger partial charge in [-0.1, -0.05) is 0 Å². The lowest BCUT2D eigenvalue weighted by molar-refractivity contribution is -0.118. The van der Waals surface area contributed by atoms with Crippen molar-refractivity contribution in [3.05, 3.63) is 36.2 Å². The largest absolute Gasteiger partial charge is 0.497 e. The van der Waals surface area contributed by atoms with Crippen molar-refractivity contribution in [1.29, 1.82) is 0 Å². The first kappa shape index (κ1) is 18.1. The highest BCUT2D eigenvalue weighted by Gasteiger charge is 2.15. The van der Waals surface area contributed by atoms with Crippen molar-refractivity contribution in [2.45, 2.75) is 19.5 Å². The fraction of sp³-hybridized carbons (Fsp3) is 0.312. The first-order valence-electron chi connectivity index (χ1n) is 7.53. The topological polar surface area (TPSA) is 120 Å². The van der Waals surface area contributed by atoms with Gasteiger partial charge in [0.05, 0.1) is 32.1 Å². The highest BCUT2D eigenvalue weighted by Crippen LogP contribution is 2.29. The van der Waals surface area contributed by atoms with E-state index in [2.05, 4.69) is 15.7 Å². The number of nitrogens with zero attached hydrogens (tertiary/aromatic N) is 2. The molecule has 0 bridgehead atoms. The third kappa shape index (κ3) is 4.87. The van der Waals surface area contributed by atoms with Crippen LogP contribution in [0.5, 0.6) is 11.5 Å². The Bertz CT molecular complexity index is 759. The van der Waals surface area contributed by atoms with Gasteiger partial charge in [-0.2, -0.15) is 5.10 Å². The second-order valence-electron chi connectivity index (χ2n) is 5.32. The number of hydrogen-bond acceptors (Lipinski definition) is 5. The van der Waals surface area contributed by atoms with Crippen molar-refractivity contribution in [3.8, 4) is 11.5 Å². The van der Waals surface area contributed by atoms with E-state index in [0.29, 0.717) is 17.2 Å². The number of rotatable bonds is 7. The number of nitrogens with one attached hydrogen (secondary N) is 2. The molecule has 25 heavy (non-hydrogen) atoms. The average molecular weight is 347 g/mol. The third-order valence-electron chi connectivity index (χ3n) is 3.46. The third-order valence-corrected chi connectivity index (χ3v) is 3.46. The van der Waals surface area contributed by atoms with Gasteiger partial charge < -0.3 is 25.8 Å². The maximum atomic E-state index is 12.2. The van der Waals surface area contributed by atoms with E-state index >= 15 is 0 Å². The van der Waals surface area contributed by atoms with Gasteiger partial charge in [0.2, 0.25) is 5.91 Å². The smallest absolute Gasteiger partial charge is 0.319 e. The molecule has 0 unspecified atom stereocenters. The summed E-state index contributed by atoms with van der Waals surface area (Å²) in [6.45, 7) is 1.77. The van der Waals surface area contributed by atoms with Crippen molar-refractivity contribution < 1.29 is 19.1 Å². The van der Waals surface area contributed by atoms with Crippen molar-refractivity contribution in [2.75, 3.05) is 19.5 Å². The van der Waals surface area contributed by atoms with E-state index in [1.807, 2.05) is 6.92 Å². The molecule has 9 heteroatoms. The van der Waals surface area contributed by atoms with E-state index in [1.54, 1.807) is 32.4 Å². The van der Waals surface area contributed by atoms with Gasteiger partial charge in [-0.05, 0) is 25.1 Å². The van der Waals surface area contributed by atoms with E-state index in [1.165, 1.54) is 17.1 Å². The van der Waals surface area contributed by atoms with Crippen LogP contribution < -0.4 is 25.8 Å². The van der Waals surface area contributed by atoms with Crippen LogP contribution in [-0.4, -0.2) is 35.9 Å². The molecule has 2 rings (SSSR count). The van der Waals surface area contributed by atoms with Crippen LogP contribution in [0.15, 0.2) is 30.6 Å². The number of carbonyl (C=O) groups is 2. The Morgan fingerprint density at radius 1 is 1.32 bits per heavy atom. The number of anilines is 1. The molecule has 0 fully saturated rings. The zero-order chi connectivity index (χ0) is 18.4. The zero-order valence-electron chi connectivity index (χ0n) is 14.3. The first-order chi connectivity index (χ1) is 11.9. The van der Waals surface area contributed by atoms with Gasteiger partial charge in [0.1, 0.15) is 18.0 Å². The molecule has 0 saturated heterocycles. The second-order valence-corrected chi connectivity index (χ2v) is 5.32. The number of aromatic nitrogens is 2. The molecular formula is C16H21N5O4. The summed E-state index contributed by atoms with van der Waals surface area (Å²) in [4.78, 5) is 23.0. The van der Waals surface area contributed by atoms with Crippen molar-refractivity contribution >= 4 is 17.6 Å². The number of amides is 3. The van der Waals surface area contributed by atoms with E-state index in [0.717, 1.165) is 5.56 Å². The lowest BCUT2D eigenvalue weighted by Crippen LogP contribution is -2.31.